The van der Waals surface area contributed by atoms with Crippen molar-refractivity contribution in [3.63, 3.8) is 0 Å². The van der Waals surface area contributed by atoms with Crippen LogP contribution in [-0.4, -0.2) is 4.98 Å². The molecule has 0 saturated heterocycles. The van der Waals surface area contributed by atoms with Gasteiger partial charge in [0.05, 0.1) is 5.88 Å². The van der Waals surface area contributed by atoms with E-state index in [0.717, 1.165) is 38.1 Å². The fourth-order valence-electron chi connectivity index (χ4n) is 2.17. The molecular weight excluding hydrogens is 350 g/mol. The third kappa shape index (κ3) is 3.04. The minimum atomic E-state index is 0.395. The first-order chi connectivity index (χ1) is 10.2. The summed E-state index contributed by atoms with van der Waals surface area (Å²) in [6.07, 6.45) is 0. The Morgan fingerprint density at radius 1 is 1.10 bits per heavy atom. The van der Waals surface area contributed by atoms with Crippen molar-refractivity contribution in [2.75, 3.05) is 0 Å². The summed E-state index contributed by atoms with van der Waals surface area (Å²) >= 11 is 9.44. The SMILES string of the molecule is Cc1ccc2cccc(Oc3ccc(Br)cc3CCl)c2n1. The molecule has 0 bridgehead atoms. The fraction of sp³-hybridized carbons (Fsp3) is 0.118. The smallest absolute Gasteiger partial charge is 0.153 e. The molecule has 0 aliphatic carbocycles. The zero-order valence-corrected chi connectivity index (χ0v) is 13.8. The minimum Gasteiger partial charge on any atom is -0.455 e. The molecule has 0 N–H and O–H groups in total. The maximum atomic E-state index is 6.06. The number of hydrogen-bond acceptors (Lipinski definition) is 2. The second-order valence-corrected chi connectivity index (χ2v) is 5.95. The van der Waals surface area contributed by atoms with Crippen molar-refractivity contribution in [2.45, 2.75) is 12.8 Å². The van der Waals surface area contributed by atoms with Crippen molar-refractivity contribution in [1.29, 1.82) is 0 Å². The minimum absolute atomic E-state index is 0.395. The van der Waals surface area contributed by atoms with E-state index < -0.39 is 0 Å². The van der Waals surface area contributed by atoms with Gasteiger partial charge in [-0.3, -0.25) is 0 Å². The fourth-order valence-corrected chi connectivity index (χ4v) is 2.79. The van der Waals surface area contributed by atoms with Crippen molar-refractivity contribution in [1.82, 2.24) is 4.98 Å². The van der Waals surface area contributed by atoms with Crippen molar-refractivity contribution in [2.24, 2.45) is 0 Å². The molecule has 3 rings (SSSR count). The summed E-state index contributed by atoms with van der Waals surface area (Å²) in [5, 5.41) is 1.06. The standard InChI is InChI=1S/C17H13BrClNO/c1-11-5-6-12-3-2-4-16(17(12)20-11)21-15-8-7-14(18)9-13(15)10-19/h2-9H,10H2,1H3. The average molecular weight is 363 g/mol. The molecular formula is C17H13BrClNO. The first-order valence-corrected chi connectivity index (χ1v) is 7.89. The van der Waals surface area contributed by atoms with Gasteiger partial charge < -0.3 is 4.74 Å². The van der Waals surface area contributed by atoms with E-state index in [1.54, 1.807) is 0 Å². The number of alkyl halides is 1. The Morgan fingerprint density at radius 3 is 2.76 bits per heavy atom. The Bertz CT molecular complexity index is 804. The molecule has 0 unspecified atom stereocenters. The zero-order valence-electron chi connectivity index (χ0n) is 11.4. The number of aryl methyl sites for hydroxylation is 1. The molecule has 0 atom stereocenters. The van der Waals surface area contributed by atoms with E-state index in [2.05, 4.69) is 27.0 Å². The molecule has 0 aliphatic rings. The average Bonchev–Trinajstić information content (AvgIpc) is 2.49. The van der Waals surface area contributed by atoms with Gasteiger partial charge in [-0.15, -0.1) is 11.6 Å². The highest BCUT2D eigenvalue weighted by atomic mass is 79.9. The molecule has 21 heavy (non-hydrogen) atoms. The molecule has 0 spiro atoms. The van der Waals surface area contributed by atoms with Gasteiger partial charge in [-0.05, 0) is 37.3 Å². The third-order valence-corrected chi connectivity index (χ3v) is 3.99. The van der Waals surface area contributed by atoms with Crippen molar-refractivity contribution < 1.29 is 4.74 Å². The summed E-state index contributed by atoms with van der Waals surface area (Å²) in [4.78, 5) is 4.58. The molecule has 3 aromatic rings. The van der Waals surface area contributed by atoms with Crippen LogP contribution in [0.2, 0.25) is 0 Å². The van der Waals surface area contributed by atoms with E-state index >= 15 is 0 Å². The number of rotatable bonds is 3. The molecule has 0 radical (unpaired) electrons. The number of nitrogens with zero attached hydrogens (tertiary/aromatic N) is 1. The highest BCUT2D eigenvalue weighted by Gasteiger charge is 2.09. The van der Waals surface area contributed by atoms with Crippen LogP contribution in [0.1, 0.15) is 11.3 Å². The summed E-state index contributed by atoms with van der Waals surface area (Å²) in [5.74, 6) is 1.89. The van der Waals surface area contributed by atoms with E-state index in [0.29, 0.717) is 5.88 Å². The van der Waals surface area contributed by atoms with Crippen LogP contribution in [0.5, 0.6) is 11.5 Å². The summed E-state index contributed by atoms with van der Waals surface area (Å²) in [5.41, 5.74) is 2.77. The number of ether oxygens (including phenoxy) is 1. The molecule has 106 valence electrons. The van der Waals surface area contributed by atoms with E-state index in [1.807, 2.05) is 49.4 Å². The molecule has 0 fully saturated rings. The van der Waals surface area contributed by atoms with Gasteiger partial charge >= 0.3 is 0 Å². The van der Waals surface area contributed by atoms with E-state index in [9.17, 15) is 0 Å². The summed E-state index contributed by atoms with van der Waals surface area (Å²) in [6, 6.07) is 15.8. The maximum absolute atomic E-state index is 6.06. The zero-order chi connectivity index (χ0) is 14.8. The van der Waals surface area contributed by atoms with Crippen molar-refractivity contribution >= 4 is 38.4 Å². The van der Waals surface area contributed by atoms with Gasteiger partial charge in [-0.1, -0.05) is 34.1 Å². The van der Waals surface area contributed by atoms with Gasteiger partial charge in [0.15, 0.2) is 5.75 Å². The predicted octanol–water partition coefficient (Wildman–Crippen LogP) is 5.84. The second kappa shape index (κ2) is 6.04. The van der Waals surface area contributed by atoms with Gasteiger partial charge in [0.25, 0.3) is 0 Å². The normalized spacial score (nSPS) is 10.8. The molecule has 1 heterocycles. The lowest BCUT2D eigenvalue weighted by Gasteiger charge is -2.12. The van der Waals surface area contributed by atoms with Gasteiger partial charge in [0.2, 0.25) is 0 Å². The Hall–Kier alpha value is -1.58. The summed E-state index contributed by atoms with van der Waals surface area (Å²) < 4.78 is 7.04. The molecule has 2 nitrogen and oxygen atoms in total. The molecule has 2 aromatic carbocycles. The number of fused-ring (bicyclic) bond motifs is 1. The highest BCUT2D eigenvalue weighted by Crippen LogP contribution is 2.32. The van der Waals surface area contributed by atoms with Gasteiger partial charge in [0.1, 0.15) is 11.3 Å². The lowest BCUT2D eigenvalue weighted by molar-refractivity contribution is 0.482. The van der Waals surface area contributed by atoms with Crippen LogP contribution >= 0.6 is 27.5 Å². The number of hydrogen-bond donors (Lipinski definition) is 0. The van der Waals surface area contributed by atoms with Gasteiger partial charge in [-0.2, -0.15) is 0 Å². The topological polar surface area (TPSA) is 22.1 Å². The van der Waals surface area contributed by atoms with Crippen LogP contribution < -0.4 is 4.74 Å². The van der Waals surface area contributed by atoms with Crippen LogP contribution in [0.3, 0.4) is 0 Å². The van der Waals surface area contributed by atoms with E-state index in [-0.39, 0.29) is 0 Å². The van der Waals surface area contributed by atoms with Crippen LogP contribution in [0.4, 0.5) is 0 Å². The molecule has 0 saturated carbocycles. The number of pyridine rings is 1. The molecule has 0 amide bonds. The molecule has 4 heteroatoms. The predicted molar refractivity (Wildman–Crippen MR) is 90.3 cm³/mol. The lowest BCUT2D eigenvalue weighted by Crippen LogP contribution is -1.92. The van der Waals surface area contributed by atoms with Crippen molar-refractivity contribution in [3.8, 4) is 11.5 Å². The first-order valence-electron chi connectivity index (χ1n) is 6.56. The van der Waals surface area contributed by atoms with Crippen LogP contribution in [0.25, 0.3) is 10.9 Å². The monoisotopic (exact) mass is 361 g/mol. The summed E-state index contributed by atoms with van der Waals surface area (Å²) in [7, 11) is 0. The number of para-hydroxylation sites is 1. The molecule has 0 aliphatic heterocycles. The Labute approximate surface area is 136 Å². The highest BCUT2D eigenvalue weighted by molar-refractivity contribution is 9.10. The molecule has 1 aromatic heterocycles. The Morgan fingerprint density at radius 2 is 1.95 bits per heavy atom. The Kier molecular flexibility index (Phi) is 4.13. The van der Waals surface area contributed by atoms with Crippen molar-refractivity contribution in [3.05, 3.63) is 64.3 Å². The lowest BCUT2D eigenvalue weighted by atomic mass is 10.2. The number of aromatic nitrogens is 1. The van der Waals surface area contributed by atoms with Gasteiger partial charge in [-0.25, -0.2) is 4.98 Å². The maximum Gasteiger partial charge on any atom is 0.153 e. The number of benzene rings is 2. The van der Waals surface area contributed by atoms with E-state index in [4.69, 9.17) is 16.3 Å². The summed E-state index contributed by atoms with van der Waals surface area (Å²) in [6.45, 7) is 1.97. The van der Waals surface area contributed by atoms with Crippen LogP contribution in [0.15, 0.2) is 53.0 Å². The van der Waals surface area contributed by atoms with Crippen LogP contribution in [-0.2, 0) is 5.88 Å². The largest absolute Gasteiger partial charge is 0.455 e. The van der Waals surface area contributed by atoms with Gasteiger partial charge in [0, 0.05) is 21.1 Å². The van der Waals surface area contributed by atoms with E-state index in [1.165, 1.54) is 0 Å². The Balaban J connectivity index is 2.08. The second-order valence-electron chi connectivity index (χ2n) is 4.77. The number of halogens is 2. The van der Waals surface area contributed by atoms with Crippen LogP contribution in [0, 0.1) is 6.92 Å². The first kappa shape index (κ1) is 14.4. The quantitative estimate of drug-likeness (QED) is 0.546. The third-order valence-electron chi connectivity index (χ3n) is 3.21.